The highest BCUT2D eigenvalue weighted by atomic mass is 35.5. The van der Waals surface area contributed by atoms with Gasteiger partial charge in [0.05, 0.1) is 0 Å². The molecule has 0 saturated heterocycles. The molecule has 0 aromatic heterocycles. The minimum atomic E-state index is 0.0524. The largest absolute Gasteiger partial charge is 0.478 e. The summed E-state index contributed by atoms with van der Waals surface area (Å²) in [5.74, 6) is 0.696. The van der Waals surface area contributed by atoms with Gasteiger partial charge in [0, 0.05) is 23.2 Å². The third kappa shape index (κ3) is 2.88. The van der Waals surface area contributed by atoms with Crippen molar-refractivity contribution < 1.29 is 4.74 Å². The van der Waals surface area contributed by atoms with Crippen molar-refractivity contribution in [1.29, 1.82) is 5.26 Å². The van der Waals surface area contributed by atoms with Crippen LogP contribution in [0.15, 0.2) is 18.2 Å². The zero-order valence-corrected chi connectivity index (χ0v) is 9.63. The predicted molar refractivity (Wildman–Crippen MR) is 62.4 cm³/mol. The second kappa shape index (κ2) is 5.20. The van der Waals surface area contributed by atoms with Crippen LogP contribution in [0.5, 0.6) is 5.75 Å². The van der Waals surface area contributed by atoms with Gasteiger partial charge >= 0.3 is 0 Å². The third-order valence-electron chi connectivity index (χ3n) is 2.51. The summed E-state index contributed by atoms with van der Waals surface area (Å²) in [6, 6.07) is 8.09. The number of nitrogens with one attached hydrogen (secondary N) is 1. The molecular weight excluding hydrogens is 224 g/mol. The molecular formula is C12H13ClN2O. The molecule has 0 heterocycles. The van der Waals surface area contributed by atoms with E-state index >= 15 is 0 Å². The van der Waals surface area contributed by atoms with Crippen molar-refractivity contribution in [3.63, 3.8) is 0 Å². The summed E-state index contributed by atoms with van der Waals surface area (Å²) in [6.07, 6.45) is 2.47. The minimum absolute atomic E-state index is 0.0524. The molecule has 0 bridgehead atoms. The van der Waals surface area contributed by atoms with Crippen LogP contribution in [-0.2, 0) is 6.54 Å². The predicted octanol–water partition coefficient (Wildman–Crippen LogP) is 2.49. The Bertz CT molecular complexity index is 410. The van der Waals surface area contributed by atoms with Gasteiger partial charge in [-0.1, -0.05) is 17.7 Å². The second-order valence-electron chi connectivity index (χ2n) is 3.82. The Morgan fingerprint density at radius 3 is 3.00 bits per heavy atom. The highest BCUT2D eigenvalue weighted by Gasteiger charge is 2.21. The molecule has 16 heavy (non-hydrogen) atoms. The maximum atomic E-state index is 8.49. The van der Waals surface area contributed by atoms with Crippen LogP contribution in [0, 0.1) is 11.3 Å². The second-order valence-corrected chi connectivity index (χ2v) is 4.23. The molecule has 0 amide bonds. The molecule has 84 valence electrons. The lowest BCUT2D eigenvalue weighted by Crippen LogP contribution is -2.16. The van der Waals surface area contributed by atoms with Crippen molar-refractivity contribution in [1.82, 2.24) is 5.32 Å². The SMILES string of the molecule is N#CCOc1cccc(Cl)c1CNC1CC1. The van der Waals surface area contributed by atoms with Crippen molar-refractivity contribution in [2.45, 2.75) is 25.4 Å². The van der Waals surface area contributed by atoms with Crippen LogP contribution < -0.4 is 10.1 Å². The van der Waals surface area contributed by atoms with E-state index in [4.69, 9.17) is 21.6 Å². The average molecular weight is 237 g/mol. The zero-order valence-electron chi connectivity index (χ0n) is 8.87. The van der Waals surface area contributed by atoms with Crippen LogP contribution in [0.3, 0.4) is 0 Å². The topological polar surface area (TPSA) is 45.0 Å². The normalized spacial score (nSPS) is 14.5. The molecule has 1 N–H and O–H groups in total. The van der Waals surface area contributed by atoms with E-state index in [1.165, 1.54) is 12.8 Å². The zero-order chi connectivity index (χ0) is 11.4. The van der Waals surface area contributed by atoms with Crippen LogP contribution in [0.2, 0.25) is 5.02 Å². The van der Waals surface area contributed by atoms with E-state index in [0.717, 1.165) is 5.56 Å². The lowest BCUT2D eigenvalue weighted by atomic mass is 10.2. The molecule has 1 fully saturated rings. The first-order valence-corrected chi connectivity index (χ1v) is 5.69. The summed E-state index contributed by atoms with van der Waals surface area (Å²) in [4.78, 5) is 0. The molecule has 1 aliphatic rings. The van der Waals surface area contributed by atoms with Gasteiger partial charge < -0.3 is 10.1 Å². The van der Waals surface area contributed by atoms with Gasteiger partial charge in [-0.15, -0.1) is 0 Å². The molecule has 3 nitrogen and oxygen atoms in total. The Morgan fingerprint density at radius 1 is 1.50 bits per heavy atom. The van der Waals surface area contributed by atoms with Crippen LogP contribution in [0.25, 0.3) is 0 Å². The van der Waals surface area contributed by atoms with Crippen LogP contribution in [0.1, 0.15) is 18.4 Å². The molecule has 1 aromatic carbocycles. The highest BCUT2D eigenvalue weighted by molar-refractivity contribution is 6.31. The van der Waals surface area contributed by atoms with E-state index in [-0.39, 0.29) is 6.61 Å². The molecule has 0 aliphatic heterocycles. The fourth-order valence-electron chi connectivity index (χ4n) is 1.49. The highest BCUT2D eigenvalue weighted by Crippen LogP contribution is 2.28. The van der Waals surface area contributed by atoms with Crippen LogP contribution >= 0.6 is 11.6 Å². The van der Waals surface area contributed by atoms with Crippen molar-refractivity contribution in [2.24, 2.45) is 0 Å². The summed E-state index contributed by atoms with van der Waals surface area (Å²) in [5.41, 5.74) is 0.936. The number of nitrogens with zero attached hydrogens (tertiary/aromatic N) is 1. The molecule has 0 unspecified atom stereocenters. The summed E-state index contributed by atoms with van der Waals surface area (Å²) in [7, 11) is 0. The van der Waals surface area contributed by atoms with Crippen molar-refractivity contribution in [2.75, 3.05) is 6.61 Å². The van der Waals surface area contributed by atoms with Gasteiger partial charge in [-0.05, 0) is 25.0 Å². The maximum Gasteiger partial charge on any atom is 0.174 e. The number of nitriles is 1. The van der Waals surface area contributed by atoms with Gasteiger partial charge in [0.2, 0.25) is 0 Å². The molecule has 1 aliphatic carbocycles. The van der Waals surface area contributed by atoms with E-state index < -0.39 is 0 Å². The van der Waals surface area contributed by atoms with Crippen molar-refractivity contribution >= 4 is 11.6 Å². The average Bonchev–Trinajstić information content (AvgIpc) is 3.09. The quantitative estimate of drug-likeness (QED) is 0.854. The maximum absolute atomic E-state index is 8.49. The van der Waals surface area contributed by atoms with Crippen LogP contribution in [-0.4, -0.2) is 12.6 Å². The Hall–Kier alpha value is -1.24. The number of rotatable bonds is 5. The van der Waals surface area contributed by atoms with Crippen LogP contribution in [0.4, 0.5) is 0 Å². The standard InChI is InChI=1S/C12H13ClN2O/c13-11-2-1-3-12(16-7-6-14)10(11)8-15-9-4-5-9/h1-3,9,15H,4-5,7-8H2. The first-order valence-electron chi connectivity index (χ1n) is 5.32. The number of hydrogen-bond donors (Lipinski definition) is 1. The monoisotopic (exact) mass is 236 g/mol. The Labute approximate surface area is 100.0 Å². The van der Waals surface area contributed by atoms with E-state index in [2.05, 4.69) is 5.32 Å². The molecule has 1 saturated carbocycles. The van der Waals surface area contributed by atoms with Gasteiger partial charge in [-0.3, -0.25) is 0 Å². The van der Waals surface area contributed by atoms with Gasteiger partial charge in [0.1, 0.15) is 11.8 Å². The van der Waals surface area contributed by atoms with E-state index in [0.29, 0.717) is 23.4 Å². The molecule has 1 aromatic rings. The summed E-state index contributed by atoms with van der Waals surface area (Å²) in [5, 5.41) is 12.6. The Balaban J connectivity index is 2.08. The van der Waals surface area contributed by atoms with Gasteiger partial charge in [0.15, 0.2) is 6.61 Å². The number of hydrogen-bond acceptors (Lipinski definition) is 3. The summed E-state index contributed by atoms with van der Waals surface area (Å²) in [6.45, 7) is 0.752. The summed E-state index contributed by atoms with van der Waals surface area (Å²) < 4.78 is 5.33. The minimum Gasteiger partial charge on any atom is -0.478 e. The lowest BCUT2D eigenvalue weighted by Gasteiger charge is -2.11. The fraction of sp³-hybridized carbons (Fsp3) is 0.417. The Morgan fingerprint density at radius 2 is 2.31 bits per heavy atom. The van der Waals surface area contributed by atoms with E-state index in [1.807, 2.05) is 24.3 Å². The number of ether oxygens (including phenoxy) is 1. The molecule has 4 heteroatoms. The number of benzene rings is 1. The molecule has 0 radical (unpaired) electrons. The van der Waals surface area contributed by atoms with E-state index in [9.17, 15) is 0 Å². The van der Waals surface area contributed by atoms with Gasteiger partial charge in [0.25, 0.3) is 0 Å². The fourth-order valence-corrected chi connectivity index (χ4v) is 1.72. The molecule has 0 spiro atoms. The molecule has 0 atom stereocenters. The Kier molecular flexibility index (Phi) is 3.66. The van der Waals surface area contributed by atoms with Crippen molar-refractivity contribution in [3.8, 4) is 11.8 Å². The van der Waals surface area contributed by atoms with Gasteiger partial charge in [-0.2, -0.15) is 5.26 Å². The number of halogens is 1. The van der Waals surface area contributed by atoms with Gasteiger partial charge in [-0.25, -0.2) is 0 Å². The first-order chi connectivity index (χ1) is 7.81. The smallest absolute Gasteiger partial charge is 0.174 e. The molecule has 2 rings (SSSR count). The van der Waals surface area contributed by atoms with Crippen molar-refractivity contribution in [3.05, 3.63) is 28.8 Å². The third-order valence-corrected chi connectivity index (χ3v) is 2.87. The first kappa shape index (κ1) is 11.3. The lowest BCUT2D eigenvalue weighted by molar-refractivity contribution is 0.362. The van der Waals surface area contributed by atoms with E-state index in [1.54, 1.807) is 0 Å². The summed E-state index contributed by atoms with van der Waals surface area (Å²) >= 11 is 6.11.